The predicted molar refractivity (Wildman–Crippen MR) is 85.4 cm³/mol. The Morgan fingerprint density at radius 2 is 1.89 bits per heavy atom. The molecule has 1 amide bonds. The average Bonchev–Trinajstić information content (AvgIpc) is 2.33. The van der Waals surface area contributed by atoms with Gasteiger partial charge in [-0.1, -0.05) is 15.9 Å². The first-order valence-corrected chi connectivity index (χ1v) is 7.18. The molecule has 0 unspecified atom stereocenters. The summed E-state index contributed by atoms with van der Waals surface area (Å²) in [5.74, 6) is -0.156. The van der Waals surface area contributed by atoms with Crippen LogP contribution in [0.25, 0.3) is 0 Å². The third-order valence-corrected chi connectivity index (χ3v) is 3.86. The second-order valence-corrected chi connectivity index (χ2v) is 5.92. The minimum absolute atomic E-state index is 0.156. The molecule has 0 aliphatic heterocycles. The van der Waals surface area contributed by atoms with Crippen LogP contribution in [0.4, 0.5) is 11.4 Å². The quantitative estimate of drug-likeness (QED) is 0.757. The molecule has 0 saturated carbocycles. The third kappa shape index (κ3) is 3.36. The fourth-order valence-electron chi connectivity index (χ4n) is 1.72. The van der Waals surface area contributed by atoms with Crippen molar-refractivity contribution < 1.29 is 4.79 Å². The van der Waals surface area contributed by atoms with Gasteiger partial charge in [0.1, 0.15) is 0 Å². The summed E-state index contributed by atoms with van der Waals surface area (Å²) in [5.41, 5.74) is 8.51. The standard InChI is InChI=1S/C14H12Br2N2O/c1-8-6-10(17)3-4-11(8)14(19)18-13-7-9(15)2-5-12(13)16/h2-7H,17H2,1H3,(H,18,19). The highest BCUT2D eigenvalue weighted by Crippen LogP contribution is 2.27. The lowest BCUT2D eigenvalue weighted by Crippen LogP contribution is -2.13. The number of rotatable bonds is 2. The van der Waals surface area contributed by atoms with Crippen LogP contribution in [-0.2, 0) is 0 Å². The minimum atomic E-state index is -0.156. The molecule has 2 aromatic carbocycles. The molecule has 0 spiro atoms. The van der Waals surface area contributed by atoms with Crippen LogP contribution in [-0.4, -0.2) is 5.91 Å². The highest BCUT2D eigenvalue weighted by molar-refractivity contribution is 9.11. The van der Waals surface area contributed by atoms with Gasteiger partial charge in [-0.3, -0.25) is 4.79 Å². The first kappa shape index (κ1) is 14.1. The van der Waals surface area contributed by atoms with Crippen LogP contribution in [0.3, 0.4) is 0 Å². The maximum atomic E-state index is 12.2. The summed E-state index contributed by atoms with van der Waals surface area (Å²) >= 11 is 6.78. The van der Waals surface area contributed by atoms with Crippen molar-refractivity contribution in [3.8, 4) is 0 Å². The molecule has 0 fully saturated rings. The maximum Gasteiger partial charge on any atom is 0.255 e. The van der Waals surface area contributed by atoms with Crippen LogP contribution in [0.2, 0.25) is 0 Å². The molecule has 0 aromatic heterocycles. The van der Waals surface area contributed by atoms with Gasteiger partial charge in [0.05, 0.1) is 5.69 Å². The van der Waals surface area contributed by atoms with Crippen molar-refractivity contribution in [1.82, 2.24) is 0 Å². The van der Waals surface area contributed by atoms with E-state index in [4.69, 9.17) is 5.73 Å². The number of halogens is 2. The first-order valence-electron chi connectivity index (χ1n) is 5.60. The number of carbonyl (C=O) groups excluding carboxylic acids is 1. The molecule has 3 N–H and O–H groups in total. The molecule has 0 heterocycles. The highest BCUT2D eigenvalue weighted by atomic mass is 79.9. The molecule has 3 nitrogen and oxygen atoms in total. The molecule has 0 bridgehead atoms. The Morgan fingerprint density at radius 3 is 2.58 bits per heavy atom. The third-order valence-electron chi connectivity index (χ3n) is 2.67. The van der Waals surface area contributed by atoms with E-state index < -0.39 is 0 Å². The van der Waals surface area contributed by atoms with Gasteiger partial charge in [0, 0.05) is 20.2 Å². The smallest absolute Gasteiger partial charge is 0.255 e. The van der Waals surface area contributed by atoms with Crippen molar-refractivity contribution in [2.75, 3.05) is 11.1 Å². The summed E-state index contributed by atoms with van der Waals surface area (Å²) in [6, 6.07) is 10.8. The fraction of sp³-hybridized carbons (Fsp3) is 0.0714. The van der Waals surface area contributed by atoms with E-state index in [0.717, 1.165) is 20.2 Å². The van der Waals surface area contributed by atoms with Gasteiger partial charge >= 0.3 is 0 Å². The summed E-state index contributed by atoms with van der Waals surface area (Å²) < 4.78 is 1.73. The number of hydrogen-bond donors (Lipinski definition) is 2. The molecule has 2 rings (SSSR count). The zero-order valence-corrected chi connectivity index (χ0v) is 13.4. The fourth-order valence-corrected chi connectivity index (χ4v) is 2.43. The lowest BCUT2D eigenvalue weighted by Gasteiger charge is -2.10. The molecular formula is C14H12Br2N2O. The van der Waals surface area contributed by atoms with E-state index in [0.29, 0.717) is 11.3 Å². The molecule has 5 heteroatoms. The van der Waals surface area contributed by atoms with Gasteiger partial charge in [0.15, 0.2) is 0 Å². The highest BCUT2D eigenvalue weighted by Gasteiger charge is 2.11. The average molecular weight is 384 g/mol. The Labute approximate surface area is 128 Å². The van der Waals surface area contributed by atoms with E-state index in [2.05, 4.69) is 37.2 Å². The lowest BCUT2D eigenvalue weighted by atomic mass is 10.1. The second kappa shape index (κ2) is 5.75. The SMILES string of the molecule is Cc1cc(N)ccc1C(=O)Nc1cc(Br)ccc1Br. The van der Waals surface area contributed by atoms with E-state index in [9.17, 15) is 4.79 Å². The van der Waals surface area contributed by atoms with Crippen molar-refractivity contribution in [2.24, 2.45) is 0 Å². The van der Waals surface area contributed by atoms with Gasteiger partial charge in [-0.25, -0.2) is 0 Å². The number of nitrogens with two attached hydrogens (primary N) is 1. The first-order chi connectivity index (χ1) is 8.97. The zero-order valence-electron chi connectivity index (χ0n) is 10.2. The van der Waals surface area contributed by atoms with Crippen LogP contribution in [0.5, 0.6) is 0 Å². The Bertz CT molecular complexity index is 641. The van der Waals surface area contributed by atoms with Crippen molar-refractivity contribution in [1.29, 1.82) is 0 Å². The summed E-state index contributed by atoms with van der Waals surface area (Å²) in [5, 5.41) is 2.87. The van der Waals surface area contributed by atoms with E-state index in [-0.39, 0.29) is 5.91 Å². The number of hydrogen-bond acceptors (Lipinski definition) is 2. The number of nitrogens with one attached hydrogen (secondary N) is 1. The number of anilines is 2. The molecule has 0 aliphatic rings. The van der Waals surface area contributed by atoms with Crippen LogP contribution < -0.4 is 11.1 Å². The van der Waals surface area contributed by atoms with Gasteiger partial charge in [0.2, 0.25) is 0 Å². The molecule has 2 aromatic rings. The summed E-state index contributed by atoms with van der Waals surface area (Å²) in [6.45, 7) is 1.86. The molecule has 0 saturated heterocycles. The molecule has 0 aliphatic carbocycles. The van der Waals surface area contributed by atoms with Crippen molar-refractivity contribution in [3.05, 3.63) is 56.5 Å². The number of carbonyl (C=O) groups is 1. The van der Waals surface area contributed by atoms with E-state index in [1.54, 1.807) is 18.2 Å². The van der Waals surface area contributed by atoms with Crippen LogP contribution >= 0.6 is 31.9 Å². The van der Waals surface area contributed by atoms with Gasteiger partial charge < -0.3 is 11.1 Å². The van der Waals surface area contributed by atoms with Crippen molar-refractivity contribution >= 4 is 49.1 Å². The number of aryl methyl sites for hydroxylation is 1. The summed E-state index contributed by atoms with van der Waals surface area (Å²) in [6.07, 6.45) is 0. The van der Waals surface area contributed by atoms with Gasteiger partial charge in [-0.2, -0.15) is 0 Å². The molecule has 0 atom stereocenters. The van der Waals surface area contributed by atoms with E-state index in [1.165, 1.54) is 0 Å². The number of nitrogen functional groups attached to an aromatic ring is 1. The van der Waals surface area contributed by atoms with Gasteiger partial charge in [0.25, 0.3) is 5.91 Å². The Morgan fingerprint density at radius 1 is 1.16 bits per heavy atom. The number of amides is 1. The normalized spacial score (nSPS) is 10.3. The van der Waals surface area contributed by atoms with E-state index >= 15 is 0 Å². The topological polar surface area (TPSA) is 55.1 Å². The predicted octanol–water partition coefficient (Wildman–Crippen LogP) is 4.35. The van der Waals surface area contributed by atoms with E-state index in [1.807, 2.05) is 25.1 Å². The van der Waals surface area contributed by atoms with Gasteiger partial charge in [-0.15, -0.1) is 0 Å². The molecular weight excluding hydrogens is 372 g/mol. The summed E-state index contributed by atoms with van der Waals surface area (Å²) in [7, 11) is 0. The Hall–Kier alpha value is -1.33. The van der Waals surface area contributed by atoms with Crippen molar-refractivity contribution in [3.63, 3.8) is 0 Å². The minimum Gasteiger partial charge on any atom is -0.399 e. The largest absolute Gasteiger partial charge is 0.399 e. The van der Waals surface area contributed by atoms with Crippen molar-refractivity contribution in [2.45, 2.75) is 6.92 Å². The lowest BCUT2D eigenvalue weighted by molar-refractivity contribution is 0.102. The second-order valence-electron chi connectivity index (χ2n) is 4.15. The molecule has 0 radical (unpaired) electrons. The zero-order chi connectivity index (χ0) is 14.0. The van der Waals surface area contributed by atoms with Crippen LogP contribution in [0, 0.1) is 6.92 Å². The number of benzene rings is 2. The molecule has 19 heavy (non-hydrogen) atoms. The van der Waals surface area contributed by atoms with Crippen LogP contribution in [0.1, 0.15) is 15.9 Å². The maximum absolute atomic E-state index is 12.2. The van der Waals surface area contributed by atoms with Crippen LogP contribution in [0.15, 0.2) is 45.3 Å². The summed E-state index contributed by atoms with van der Waals surface area (Å²) in [4.78, 5) is 12.2. The monoisotopic (exact) mass is 382 g/mol. The molecule has 98 valence electrons. The van der Waals surface area contributed by atoms with Gasteiger partial charge in [-0.05, 0) is 64.8 Å². The Kier molecular flexibility index (Phi) is 4.27. The Balaban J connectivity index is 2.28.